The molecule has 2 N–H and O–H groups in total. The van der Waals surface area contributed by atoms with Gasteiger partial charge in [-0.05, 0) is 46.0 Å². The van der Waals surface area contributed by atoms with Crippen LogP contribution >= 0.6 is 0 Å². The first kappa shape index (κ1) is 32.4. The molecule has 1 aliphatic heterocycles. The summed E-state index contributed by atoms with van der Waals surface area (Å²) in [5.74, 6) is -2.66. The van der Waals surface area contributed by atoms with Crippen molar-refractivity contribution in [3.63, 3.8) is 0 Å². The van der Waals surface area contributed by atoms with Gasteiger partial charge in [0.1, 0.15) is 12.1 Å². The third kappa shape index (κ3) is 6.27. The standard InChI is InChI=1S/C37H44N2O5Si/c1-6-26(25-44-45(37(2,3)4,28-15-9-7-10-16-28)29-17-11-8-12-18-29)31-23-33(40)39(35(41)34(31)36(42)43-5)22-21-27-24-38-32-20-14-13-19-30(27)32/h6-20,24,31,33-34,38,40H,21-23,25H2,1-5H3/b26-6+/t31-,33?,34-/m0/s1. The van der Waals surface area contributed by atoms with E-state index in [1.165, 1.54) is 12.0 Å². The predicted molar refractivity (Wildman–Crippen MR) is 181 cm³/mol. The van der Waals surface area contributed by atoms with E-state index < -0.39 is 38.3 Å². The summed E-state index contributed by atoms with van der Waals surface area (Å²) in [6.45, 7) is 9.05. The number of piperidine rings is 1. The SMILES string of the molecule is C/C=C(\CO[Si](c1ccccc1)(c1ccccc1)C(C)(C)C)[C@@H]1CC(O)N(CCc2c[nH]c3ccccc23)C(=O)[C@H]1C(=O)OC. The number of likely N-dealkylation sites (tertiary alicyclic amines) is 1. The molecule has 4 aromatic rings. The van der Waals surface area contributed by atoms with Crippen LogP contribution in [-0.2, 0) is 25.2 Å². The van der Waals surface area contributed by atoms with Gasteiger partial charge in [-0.15, -0.1) is 0 Å². The van der Waals surface area contributed by atoms with E-state index in [4.69, 9.17) is 9.16 Å². The number of carbonyl (C=O) groups excluding carboxylic acids is 2. The molecule has 0 bridgehead atoms. The van der Waals surface area contributed by atoms with Crippen LogP contribution in [0.4, 0.5) is 0 Å². The lowest BCUT2D eigenvalue weighted by atomic mass is 9.78. The maximum atomic E-state index is 14.0. The molecule has 45 heavy (non-hydrogen) atoms. The van der Waals surface area contributed by atoms with Crippen molar-refractivity contribution in [2.45, 2.75) is 51.8 Å². The number of allylic oxidation sites excluding steroid dienone is 1. The molecule has 236 valence electrons. The average molecular weight is 625 g/mol. The monoisotopic (exact) mass is 624 g/mol. The normalized spacial score (nSPS) is 19.6. The number of hydrogen-bond acceptors (Lipinski definition) is 5. The molecule has 1 amide bonds. The first-order valence-electron chi connectivity index (χ1n) is 15.6. The van der Waals surface area contributed by atoms with E-state index in [2.05, 4.69) is 50.0 Å². The van der Waals surface area contributed by atoms with Crippen LogP contribution in [0.5, 0.6) is 0 Å². The van der Waals surface area contributed by atoms with Gasteiger partial charge >= 0.3 is 5.97 Å². The number of nitrogens with zero attached hydrogens (tertiary/aromatic N) is 1. The van der Waals surface area contributed by atoms with Crippen molar-refractivity contribution in [1.29, 1.82) is 0 Å². The number of carbonyl (C=O) groups is 2. The summed E-state index contributed by atoms with van der Waals surface area (Å²) < 4.78 is 12.4. The Kier molecular flexibility index (Phi) is 9.77. The van der Waals surface area contributed by atoms with Crippen molar-refractivity contribution in [3.05, 3.63) is 108 Å². The van der Waals surface area contributed by atoms with Gasteiger partial charge in [-0.2, -0.15) is 0 Å². The van der Waals surface area contributed by atoms with Gasteiger partial charge < -0.3 is 24.2 Å². The van der Waals surface area contributed by atoms with Crippen LogP contribution in [0.3, 0.4) is 0 Å². The summed E-state index contributed by atoms with van der Waals surface area (Å²) in [6, 6.07) is 28.7. The molecule has 1 aromatic heterocycles. The number of aromatic amines is 1. The molecule has 1 aliphatic rings. The molecule has 1 saturated heterocycles. The zero-order chi connectivity index (χ0) is 32.2. The molecule has 2 heterocycles. The van der Waals surface area contributed by atoms with Crippen LogP contribution in [0.15, 0.2) is 103 Å². The van der Waals surface area contributed by atoms with Crippen LogP contribution in [0.1, 0.15) is 39.7 Å². The second kappa shape index (κ2) is 13.6. The molecule has 5 rings (SSSR count). The van der Waals surface area contributed by atoms with Crippen molar-refractivity contribution in [2.24, 2.45) is 11.8 Å². The minimum absolute atomic E-state index is 0.211. The second-order valence-corrected chi connectivity index (χ2v) is 17.1. The number of aromatic nitrogens is 1. The van der Waals surface area contributed by atoms with Gasteiger partial charge in [0, 0.05) is 36.0 Å². The largest absolute Gasteiger partial charge is 0.468 e. The van der Waals surface area contributed by atoms with E-state index in [9.17, 15) is 14.7 Å². The Bertz CT molecular complexity index is 1600. The van der Waals surface area contributed by atoms with Crippen LogP contribution in [-0.4, -0.2) is 61.7 Å². The van der Waals surface area contributed by atoms with E-state index in [0.717, 1.165) is 32.4 Å². The van der Waals surface area contributed by atoms with E-state index in [0.29, 0.717) is 6.42 Å². The highest BCUT2D eigenvalue weighted by Crippen LogP contribution is 2.39. The van der Waals surface area contributed by atoms with Crippen molar-refractivity contribution < 1.29 is 23.9 Å². The Morgan fingerprint density at radius 1 is 1.00 bits per heavy atom. The number of nitrogens with one attached hydrogen (secondary N) is 1. The highest BCUT2D eigenvalue weighted by atomic mass is 28.4. The zero-order valence-corrected chi connectivity index (χ0v) is 27.8. The fourth-order valence-corrected chi connectivity index (χ4v) is 11.5. The summed E-state index contributed by atoms with van der Waals surface area (Å²) in [5.41, 5.74) is 2.88. The number of benzene rings is 3. The molecule has 0 spiro atoms. The first-order valence-corrected chi connectivity index (χ1v) is 17.5. The Balaban J connectivity index is 1.43. The van der Waals surface area contributed by atoms with Crippen molar-refractivity contribution in [3.8, 4) is 0 Å². The summed E-state index contributed by atoms with van der Waals surface area (Å²) in [7, 11) is -1.57. The number of H-pyrrole nitrogens is 1. The fraction of sp³-hybridized carbons (Fsp3) is 0.351. The number of ether oxygens (including phenoxy) is 1. The van der Waals surface area contributed by atoms with Gasteiger partial charge in [0.25, 0.3) is 8.32 Å². The molecule has 1 fully saturated rings. The molecule has 8 heteroatoms. The minimum Gasteiger partial charge on any atom is -0.468 e. The summed E-state index contributed by atoms with van der Waals surface area (Å²) >= 11 is 0. The number of para-hydroxylation sites is 1. The highest BCUT2D eigenvalue weighted by molar-refractivity contribution is 6.99. The number of aliphatic hydroxyl groups is 1. The van der Waals surface area contributed by atoms with Crippen LogP contribution in [0, 0.1) is 11.8 Å². The van der Waals surface area contributed by atoms with E-state index in [-0.39, 0.29) is 24.6 Å². The van der Waals surface area contributed by atoms with Crippen molar-refractivity contribution in [1.82, 2.24) is 9.88 Å². The summed E-state index contributed by atoms with van der Waals surface area (Å²) in [4.78, 5) is 31.9. The van der Waals surface area contributed by atoms with Crippen molar-refractivity contribution in [2.75, 3.05) is 20.3 Å². The maximum absolute atomic E-state index is 14.0. The van der Waals surface area contributed by atoms with E-state index >= 15 is 0 Å². The zero-order valence-electron chi connectivity index (χ0n) is 26.8. The molecule has 0 radical (unpaired) electrons. The van der Waals surface area contributed by atoms with E-state index in [1.54, 1.807) is 0 Å². The van der Waals surface area contributed by atoms with Gasteiger partial charge in [0.2, 0.25) is 5.91 Å². The number of esters is 1. The van der Waals surface area contributed by atoms with Gasteiger partial charge in [0.05, 0.1) is 13.7 Å². The molecule has 0 aliphatic carbocycles. The molecule has 3 aromatic carbocycles. The first-order chi connectivity index (χ1) is 21.6. The third-order valence-corrected chi connectivity index (χ3v) is 14.2. The quantitative estimate of drug-likeness (QED) is 0.110. The van der Waals surface area contributed by atoms with Gasteiger partial charge in [-0.1, -0.05) is 106 Å². The molecule has 3 atom stereocenters. The lowest BCUT2D eigenvalue weighted by molar-refractivity contribution is -0.168. The van der Waals surface area contributed by atoms with Gasteiger partial charge in [0.15, 0.2) is 0 Å². The van der Waals surface area contributed by atoms with E-state index in [1.807, 2.05) is 79.9 Å². The topological polar surface area (TPSA) is 91.9 Å². The summed E-state index contributed by atoms with van der Waals surface area (Å²) in [6.07, 6.45) is 3.57. The summed E-state index contributed by atoms with van der Waals surface area (Å²) in [5, 5.41) is 14.5. The van der Waals surface area contributed by atoms with Crippen LogP contribution < -0.4 is 10.4 Å². The van der Waals surface area contributed by atoms with Crippen LogP contribution in [0.2, 0.25) is 5.04 Å². The molecular weight excluding hydrogens is 581 g/mol. The lowest BCUT2D eigenvalue weighted by Crippen LogP contribution is -2.66. The predicted octanol–water partition coefficient (Wildman–Crippen LogP) is 5.19. The van der Waals surface area contributed by atoms with Gasteiger partial charge in [-0.25, -0.2) is 0 Å². The number of aliphatic hydroxyl groups excluding tert-OH is 1. The Hall–Kier alpha value is -3.98. The molecular formula is C37H44N2O5Si. The Labute approximate surface area is 267 Å². The highest BCUT2D eigenvalue weighted by Gasteiger charge is 2.52. The van der Waals surface area contributed by atoms with Crippen molar-refractivity contribution >= 4 is 41.5 Å². The Morgan fingerprint density at radius 2 is 1.60 bits per heavy atom. The second-order valence-electron chi connectivity index (χ2n) is 12.8. The average Bonchev–Trinajstić information content (AvgIpc) is 3.46. The number of amides is 1. The number of methoxy groups -OCH3 is 1. The molecule has 1 unspecified atom stereocenters. The minimum atomic E-state index is -2.88. The Morgan fingerprint density at radius 3 is 2.18 bits per heavy atom. The smallest absolute Gasteiger partial charge is 0.318 e. The van der Waals surface area contributed by atoms with Crippen LogP contribution in [0.25, 0.3) is 10.9 Å². The lowest BCUT2D eigenvalue weighted by Gasteiger charge is -2.45. The maximum Gasteiger partial charge on any atom is 0.318 e. The molecule has 0 saturated carbocycles. The number of fused-ring (bicyclic) bond motifs is 1. The van der Waals surface area contributed by atoms with Gasteiger partial charge in [-0.3, -0.25) is 9.59 Å². The number of rotatable bonds is 10. The fourth-order valence-electron chi connectivity index (χ4n) is 6.94. The third-order valence-electron chi connectivity index (χ3n) is 9.25. The molecule has 7 nitrogen and oxygen atoms in total. The number of hydrogen-bond donors (Lipinski definition) is 2.